The first kappa shape index (κ1) is 20.8. The molecule has 1 aliphatic carbocycles. The molecule has 1 saturated carbocycles. The highest BCUT2D eigenvalue weighted by molar-refractivity contribution is 6.03. The molecule has 0 amide bonds. The third-order valence-corrected chi connectivity index (χ3v) is 6.00. The minimum absolute atomic E-state index is 0.00196. The molecule has 0 unspecified atom stereocenters. The molecular formula is C21H26N4O6. The summed E-state index contributed by atoms with van der Waals surface area (Å²) in [5.74, 6) is 0.0385. The van der Waals surface area contributed by atoms with E-state index in [2.05, 4.69) is 15.5 Å². The lowest BCUT2D eigenvalue weighted by molar-refractivity contribution is 0.298. The number of nitrogens with zero attached hydrogens (tertiary/aromatic N) is 2. The Bertz CT molecular complexity index is 1100. The Morgan fingerprint density at radius 2 is 1.71 bits per heavy atom. The van der Waals surface area contributed by atoms with Gasteiger partial charge in [-0.15, -0.1) is 0 Å². The van der Waals surface area contributed by atoms with Gasteiger partial charge in [0, 0.05) is 12.5 Å². The molecule has 1 atom stereocenters. The molecular weight excluding hydrogens is 404 g/mol. The Morgan fingerprint density at radius 3 is 2.32 bits per heavy atom. The molecule has 0 radical (unpaired) electrons. The molecule has 4 N–H and O–H groups in total. The summed E-state index contributed by atoms with van der Waals surface area (Å²) in [6, 6.07) is 2.82. The van der Waals surface area contributed by atoms with Gasteiger partial charge in [-0.1, -0.05) is 19.3 Å². The van der Waals surface area contributed by atoms with Gasteiger partial charge in [0.15, 0.2) is 11.5 Å². The summed E-state index contributed by atoms with van der Waals surface area (Å²) in [6.07, 6.45) is 4.88. The van der Waals surface area contributed by atoms with Crippen LogP contribution in [0.5, 0.6) is 23.1 Å². The van der Waals surface area contributed by atoms with E-state index < -0.39 is 11.2 Å². The van der Waals surface area contributed by atoms with E-state index in [-0.39, 0.29) is 47.2 Å². The Labute approximate surface area is 178 Å². The van der Waals surface area contributed by atoms with E-state index in [1.165, 1.54) is 18.8 Å². The number of aromatic nitrogens is 2. The molecule has 0 saturated heterocycles. The van der Waals surface area contributed by atoms with Crippen LogP contribution >= 0.6 is 0 Å². The molecule has 4 rings (SSSR count). The van der Waals surface area contributed by atoms with Crippen molar-refractivity contribution < 1.29 is 19.7 Å². The van der Waals surface area contributed by atoms with Crippen molar-refractivity contribution in [1.82, 2.24) is 15.0 Å². The van der Waals surface area contributed by atoms with Gasteiger partial charge in [0.25, 0.3) is 5.56 Å². The lowest BCUT2D eigenvalue weighted by Crippen LogP contribution is -2.36. The van der Waals surface area contributed by atoms with Crippen LogP contribution in [0.25, 0.3) is 0 Å². The summed E-state index contributed by atoms with van der Waals surface area (Å²) < 4.78 is 11.7. The van der Waals surface area contributed by atoms with Crippen LogP contribution in [0.4, 0.5) is 0 Å². The lowest BCUT2D eigenvalue weighted by atomic mass is 9.95. The number of aromatic hydroxyl groups is 2. The number of phenols is 1. The number of nitrogens with one attached hydrogen (secondary N) is 2. The standard InChI is InChI=1S/C21H26N4O6/c1-30-15-8-11(9-16(31-2)18(15)26)13-10-14(24-23-13)17-19(27)22-21(29)25(20(17)28)12-6-4-3-5-7-12/h8-9,12-13,23,26,28H,3-7,10H2,1-2H3,(H,22,27,29)/t13-/m1/s1. The third kappa shape index (κ3) is 3.73. The fraction of sp³-hybridized carbons (Fsp3) is 0.476. The van der Waals surface area contributed by atoms with Gasteiger partial charge in [0.2, 0.25) is 11.6 Å². The van der Waals surface area contributed by atoms with Crippen LogP contribution in [0.1, 0.15) is 61.7 Å². The number of methoxy groups -OCH3 is 2. The van der Waals surface area contributed by atoms with Gasteiger partial charge in [0.1, 0.15) is 5.56 Å². The van der Waals surface area contributed by atoms with Crippen molar-refractivity contribution >= 4 is 5.71 Å². The Kier molecular flexibility index (Phi) is 5.62. The molecule has 2 aliphatic rings. The summed E-state index contributed by atoms with van der Waals surface area (Å²) >= 11 is 0. The summed E-state index contributed by atoms with van der Waals surface area (Å²) in [7, 11) is 2.88. The summed E-state index contributed by atoms with van der Waals surface area (Å²) in [6.45, 7) is 0. The number of H-pyrrole nitrogens is 1. The van der Waals surface area contributed by atoms with E-state index in [0.717, 1.165) is 37.7 Å². The quantitative estimate of drug-likeness (QED) is 0.568. The zero-order valence-electron chi connectivity index (χ0n) is 17.5. The zero-order valence-corrected chi connectivity index (χ0v) is 17.5. The fourth-order valence-corrected chi connectivity index (χ4v) is 4.38. The number of rotatable bonds is 5. The van der Waals surface area contributed by atoms with Crippen molar-refractivity contribution in [2.24, 2.45) is 5.10 Å². The van der Waals surface area contributed by atoms with Crippen LogP contribution in [0, 0.1) is 0 Å². The number of hydrazone groups is 1. The largest absolute Gasteiger partial charge is 0.502 e. The Morgan fingerprint density at radius 1 is 1.06 bits per heavy atom. The van der Waals surface area contributed by atoms with Gasteiger partial charge in [-0.05, 0) is 30.5 Å². The second kappa shape index (κ2) is 8.37. The van der Waals surface area contributed by atoms with Crippen LogP contribution in [0.15, 0.2) is 26.8 Å². The van der Waals surface area contributed by atoms with Crippen molar-refractivity contribution in [2.75, 3.05) is 14.2 Å². The monoisotopic (exact) mass is 430 g/mol. The third-order valence-electron chi connectivity index (χ3n) is 6.00. The Balaban J connectivity index is 1.67. The van der Waals surface area contributed by atoms with Crippen molar-refractivity contribution in [3.05, 3.63) is 44.1 Å². The van der Waals surface area contributed by atoms with Crippen molar-refractivity contribution in [3.63, 3.8) is 0 Å². The zero-order chi connectivity index (χ0) is 22.1. The number of ether oxygens (including phenoxy) is 2. The fourth-order valence-electron chi connectivity index (χ4n) is 4.38. The highest BCUT2D eigenvalue weighted by Gasteiger charge is 2.30. The average Bonchev–Trinajstić information content (AvgIpc) is 3.24. The van der Waals surface area contributed by atoms with Crippen LogP contribution in [0.3, 0.4) is 0 Å². The SMILES string of the molecule is COc1cc([C@H]2CC(c3c(O)n(C4CCCCC4)c(=O)[nH]c3=O)=NN2)cc(OC)c1O. The molecule has 10 nitrogen and oxygen atoms in total. The number of hydrogen-bond acceptors (Lipinski definition) is 8. The van der Waals surface area contributed by atoms with Gasteiger partial charge in [-0.2, -0.15) is 5.10 Å². The molecule has 1 aromatic carbocycles. The number of hydrogen-bond donors (Lipinski definition) is 4. The van der Waals surface area contributed by atoms with Crippen LogP contribution in [-0.4, -0.2) is 39.7 Å². The average molecular weight is 430 g/mol. The molecule has 1 aliphatic heterocycles. The lowest BCUT2D eigenvalue weighted by Gasteiger charge is -2.25. The molecule has 1 aromatic heterocycles. The molecule has 1 fully saturated rings. The number of phenolic OH excluding ortho intramolecular Hbond substituents is 1. The maximum Gasteiger partial charge on any atom is 0.331 e. The molecule has 166 valence electrons. The number of benzene rings is 1. The van der Waals surface area contributed by atoms with Gasteiger partial charge in [-0.25, -0.2) is 4.79 Å². The van der Waals surface area contributed by atoms with Crippen LogP contribution < -0.4 is 26.1 Å². The molecule has 2 heterocycles. The molecule has 0 spiro atoms. The van der Waals surface area contributed by atoms with Crippen molar-refractivity contribution in [1.29, 1.82) is 0 Å². The first-order valence-electron chi connectivity index (χ1n) is 10.3. The summed E-state index contributed by atoms with van der Waals surface area (Å²) in [5.41, 5.74) is 2.75. The van der Waals surface area contributed by atoms with Crippen LogP contribution in [-0.2, 0) is 0 Å². The topological polar surface area (TPSA) is 138 Å². The first-order valence-corrected chi connectivity index (χ1v) is 10.3. The molecule has 0 bridgehead atoms. The van der Waals surface area contributed by atoms with Gasteiger partial charge in [-0.3, -0.25) is 14.3 Å². The van der Waals surface area contributed by atoms with Crippen LogP contribution in [0.2, 0.25) is 0 Å². The van der Waals surface area contributed by atoms with E-state index in [4.69, 9.17) is 9.47 Å². The van der Waals surface area contributed by atoms with E-state index in [1.807, 2.05) is 0 Å². The highest BCUT2D eigenvalue weighted by Crippen LogP contribution is 2.40. The highest BCUT2D eigenvalue weighted by atomic mass is 16.5. The van der Waals surface area contributed by atoms with Crippen molar-refractivity contribution in [2.45, 2.75) is 50.6 Å². The normalized spacial score (nSPS) is 19.0. The first-order chi connectivity index (χ1) is 14.9. The van der Waals surface area contributed by atoms with Crippen molar-refractivity contribution in [3.8, 4) is 23.1 Å². The van der Waals surface area contributed by atoms with E-state index in [1.54, 1.807) is 12.1 Å². The molecule has 10 heteroatoms. The van der Waals surface area contributed by atoms with E-state index in [0.29, 0.717) is 5.71 Å². The van der Waals surface area contributed by atoms with E-state index in [9.17, 15) is 19.8 Å². The van der Waals surface area contributed by atoms with Gasteiger partial charge < -0.3 is 25.1 Å². The van der Waals surface area contributed by atoms with E-state index >= 15 is 0 Å². The predicted octanol–water partition coefficient (Wildman–Crippen LogP) is 1.91. The summed E-state index contributed by atoms with van der Waals surface area (Å²) in [4.78, 5) is 27.3. The maximum atomic E-state index is 12.6. The minimum atomic E-state index is -0.670. The second-order valence-corrected chi connectivity index (χ2v) is 7.84. The second-order valence-electron chi connectivity index (χ2n) is 7.84. The van der Waals surface area contributed by atoms with Gasteiger partial charge >= 0.3 is 5.69 Å². The van der Waals surface area contributed by atoms with Gasteiger partial charge in [0.05, 0.1) is 26.0 Å². The Hall–Kier alpha value is -3.43. The molecule has 2 aromatic rings. The smallest absolute Gasteiger partial charge is 0.331 e. The predicted molar refractivity (Wildman–Crippen MR) is 113 cm³/mol. The molecule has 31 heavy (non-hydrogen) atoms. The summed E-state index contributed by atoms with van der Waals surface area (Å²) in [5, 5.41) is 25.3. The number of aromatic amines is 1. The maximum absolute atomic E-state index is 12.6. The minimum Gasteiger partial charge on any atom is -0.502 e.